The number of rotatable bonds is 5. The lowest BCUT2D eigenvalue weighted by Crippen LogP contribution is -2.42. The molecule has 0 spiro atoms. The second-order valence-corrected chi connectivity index (χ2v) is 8.22. The van der Waals surface area contributed by atoms with Crippen LogP contribution in [0.15, 0.2) is 29.9 Å². The molecule has 0 aromatic carbocycles. The smallest absolute Gasteiger partial charge is 0.280 e. The van der Waals surface area contributed by atoms with Crippen molar-refractivity contribution in [1.82, 2.24) is 24.5 Å². The summed E-state index contributed by atoms with van der Waals surface area (Å²) in [6.07, 6.45) is 0.908. The number of carbonyl (C=O) groups excluding carboxylic acids is 1. The number of alkyl halides is 2. The molecule has 28 heavy (non-hydrogen) atoms. The van der Waals surface area contributed by atoms with Gasteiger partial charge in [-0.2, -0.15) is 14.6 Å². The Kier molecular flexibility index (Phi) is 5.34. The summed E-state index contributed by atoms with van der Waals surface area (Å²) in [5.74, 6) is 0.0878. The highest BCUT2D eigenvalue weighted by Crippen LogP contribution is 2.30. The number of piperidine rings is 1. The van der Waals surface area contributed by atoms with E-state index in [2.05, 4.69) is 15.1 Å². The summed E-state index contributed by atoms with van der Waals surface area (Å²) in [4.78, 5) is 24.3. The van der Waals surface area contributed by atoms with Gasteiger partial charge >= 0.3 is 0 Å². The number of aromatic nitrogens is 4. The van der Waals surface area contributed by atoms with E-state index in [1.54, 1.807) is 11.3 Å². The van der Waals surface area contributed by atoms with Crippen LogP contribution in [0.3, 0.4) is 0 Å². The lowest BCUT2D eigenvalue weighted by Gasteiger charge is -2.34. The molecule has 4 heterocycles. The van der Waals surface area contributed by atoms with Crippen LogP contribution in [0.4, 0.5) is 8.78 Å². The van der Waals surface area contributed by atoms with Gasteiger partial charge in [-0.3, -0.25) is 4.79 Å². The molecular formula is C19H21F2N5OS. The van der Waals surface area contributed by atoms with Crippen molar-refractivity contribution in [2.24, 2.45) is 5.92 Å². The van der Waals surface area contributed by atoms with E-state index in [0.29, 0.717) is 18.8 Å². The molecule has 0 radical (unpaired) electrons. The van der Waals surface area contributed by atoms with Crippen LogP contribution in [0.1, 0.15) is 48.4 Å². The van der Waals surface area contributed by atoms with Crippen molar-refractivity contribution >= 4 is 23.0 Å². The first-order chi connectivity index (χ1) is 13.5. The Balaban J connectivity index is 1.52. The predicted octanol–water partition coefficient (Wildman–Crippen LogP) is 3.71. The van der Waals surface area contributed by atoms with E-state index in [1.807, 2.05) is 29.3 Å². The topological polar surface area (TPSA) is 63.4 Å². The molecule has 2 atom stereocenters. The maximum Gasteiger partial charge on any atom is 0.280 e. The van der Waals surface area contributed by atoms with Gasteiger partial charge < -0.3 is 4.90 Å². The molecule has 1 aliphatic heterocycles. The molecule has 0 bridgehead atoms. The average Bonchev–Trinajstić information content (AvgIpc) is 3.38. The summed E-state index contributed by atoms with van der Waals surface area (Å²) >= 11 is 1.65. The summed E-state index contributed by atoms with van der Waals surface area (Å²) in [6.45, 7) is 3.13. The first-order valence-electron chi connectivity index (χ1n) is 9.33. The zero-order chi connectivity index (χ0) is 19.7. The van der Waals surface area contributed by atoms with Gasteiger partial charge in [0.1, 0.15) is 12.0 Å². The largest absolute Gasteiger partial charge is 0.342 e. The van der Waals surface area contributed by atoms with E-state index in [-0.39, 0.29) is 29.2 Å². The Morgan fingerprint density at radius 1 is 1.43 bits per heavy atom. The first-order valence-corrected chi connectivity index (χ1v) is 10.2. The molecule has 148 valence electrons. The molecule has 1 fully saturated rings. The molecule has 1 aliphatic rings. The number of amides is 1. The fourth-order valence-corrected chi connectivity index (χ4v) is 4.60. The summed E-state index contributed by atoms with van der Waals surface area (Å²) in [7, 11) is 0. The number of fused-ring (bicyclic) bond motifs is 1. The van der Waals surface area contributed by atoms with Gasteiger partial charge in [-0.05, 0) is 36.8 Å². The van der Waals surface area contributed by atoms with Gasteiger partial charge in [0.2, 0.25) is 5.91 Å². The van der Waals surface area contributed by atoms with Crippen molar-refractivity contribution in [2.45, 2.75) is 38.5 Å². The van der Waals surface area contributed by atoms with Crippen molar-refractivity contribution in [3.05, 3.63) is 46.2 Å². The van der Waals surface area contributed by atoms with Gasteiger partial charge in [0, 0.05) is 29.8 Å². The van der Waals surface area contributed by atoms with Crippen LogP contribution < -0.4 is 0 Å². The second kappa shape index (κ2) is 7.90. The van der Waals surface area contributed by atoms with E-state index >= 15 is 0 Å². The fourth-order valence-electron chi connectivity index (χ4n) is 3.77. The summed E-state index contributed by atoms with van der Waals surface area (Å²) in [5, 5.41) is 5.84. The molecular weight excluding hydrogens is 384 g/mol. The number of hydrogen-bond donors (Lipinski definition) is 0. The maximum absolute atomic E-state index is 13.4. The van der Waals surface area contributed by atoms with E-state index in [1.165, 1.54) is 17.3 Å². The third kappa shape index (κ3) is 3.76. The highest BCUT2D eigenvalue weighted by molar-refractivity contribution is 7.09. The van der Waals surface area contributed by atoms with Crippen molar-refractivity contribution in [3.63, 3.8) is 0 Å². The van der Waals surface area contributed by atoms with Crippen molar-refractivity contribution < 1.29 is 13.6 Å². The van der Waals surface area contributed by atoms with Gasteiger partial charge in [0.15, 0.2) is 0 Å². The lowest BCUT2D eigenvalue weighted by molar-refractivity contribution is -0.136. The molecule has 0 aliphatic carbocycles. The van der Waals surface area contributed by atoms with Crippen molar-refractivity contribution in [3.8, 4) is 0 Å². The van der Waals surface area contributed by atoms with Crippen LogP contribution >= 0.6 is 11.3 Å². The highest BCUT2D eigenvalue weighted by atomic mass is 32.1. The number of nitrogens with zero attached hydrogens (tertiary/aromatic N) is 5. The van der Waals surface area contributed by atoms with Gasteiger partial charge in [-0.25, -0.2) is 13.8 Å². The fraction of sp³-hybridized carbons (Fsp3) is 0.474. The summed E-state index contributed by atoms with van der Waals surface area (Å²) in [6, 6.07) is 5.43. The molecule has 0 saturated carbocycles. The Morgan fingerprint density at radius 2 is 2.29 bits per heavy atom. The van der Waals surface area contributed by atoms with Crippen LogP contribution in [0.2, 0.25) is 0 Å². The normalized spacial score (nSPS) is 18.7. The SMILES string of the molecule is C[C@H](Cc1cccs1)C(=O)N1CCC[C@@H](c2cc(C(F)F)n3ncnc3n2)C1. The molecule has 1 amide bonds. The second-order valence-electron chi connectivity index (χ2n) is 7.19. The highest BCUT2D eigenvalue weighted by Gasteiger charge is 2.29. The quantitative estimate of drug-likeness (QED) is 0.649. The summed E-state index contributed by atoms with van der Waals surface area (Å²) < 4.78 is 27.9. The lowest BCUT2D eigenvalue weighted by atomic mass is 9.92. The van der Waals surface area contributed by atoms with E-state index < -0.39 is 6.43 Å². The third-order valence-corrected chi connectivity index (χ3v) is 6.08. The van der Waals surface area contributed by atoms with Gasteiger partial charge in [-0.1, -0.05) is 13.0 Å². The van der Waals surface area contributed by atoms with E-state index in [4.69, 9.17) is 0 Å². The number of thiophene rings is 1. The van der Waals surface area contributed by atoms with Crippen LogP contribution in [-0.2, 0) is 11.2 Å². The molecule has 4 rings (SSSR count). The Morgan fingerprint density at radius 3 is 3.04 bits per heavy atom. The Labute approximate surface area is 165 Å². The zero-order valence-electron chi connectivity index (χ0n) is 15.5. The monoisotopic (exact) mass is 405 g/mol. The van der Waals surface area contributed by atoms with Gasteiger partial charge in [0.25, 0.3) is 12.2 Å². The van der Waals surface area contributed by atoms with Gasteiger partial charge in [0.05, 0.1) is 5.69 Å². The first kappa shape index (κ1) is 18.9. The molecule has 6 nitrogen and oxygen atoms in total. The summed E-state index contributed by atoms with van der Waals surface area (Å²) in [5.41, 5.74) is 0.339. The maximum atomic E-state index is 13.4. The van der Waals surface area contributed by atoms with Crippen LogP contribution in [0.25, 0.3) is 5.78 Å². The average molecular weight is 405 g/mol. The Bertz CT molecular complexity index is 959. The molecule has 3 aromatic heterocycles. The number of hydrogen-bond acceptors (Lipinski definition) is 5. The van der Waals surface area contributed by atoms with Crippen LogP contribution in [0, 0.1) is 5.92 Å². The minimum absolute atomic E-state index is 0.0779. The molecule has 0 N–H and O–H groups in total. The number of likely N-dealkylation sites (tertiary alicyclic amines) is 1. The standard InChI is InChI=1S/C19H21F2N5OS/c1-12(8-14-5-3-7-28-14)18(27)25-6-2-4-13(10-25)15-9-16(17(20)21)26-19(24-15)22-11-23-26/h3,5,7,9,11-13,17H,2,4,6,8,10H2,1H3/t12-,13-/m1/s1. The third-order valence-electron chi connectivity index (χ3n) is 5.18. The van der Waals surface area contributed by atoms with Crippen molar-refractivity contribution in [2.75, 3.05) is 13.1 Å². The minimum Gasteiger partial charge on any atom is -0.342 e. The number of carbonyl (C=O) groups is 1. The zero-order valence-corrected chi connectivity index (χ0v) is 16.3. The van der Waals surface area contributed by atoms with Crippen LogP contribution in [-0.4, -0.2) is 43.5 Å². The Hall–Kier alpha value is -2.42. The van der Waals surface area contributed by atoms with Crippen LogP contribution in [0.5, 0.6) is 0 Å². The minimum atomic E-state index is -2.67. The molecule has 9 heteroatoms. The molecule has 0 unspecified atom stereocenters. The molecule has 3 aromatic rings. The van der Waals surface area contributed by atoms with Gasteiger partial charge in [-0.15, -0.1) is 11.3 Å². The predicted molar refractivity (Wildman–Crippen MR) is 101 cm³/mol. The van der Waals surface area contributed by atoms with Crippen molar-refractivity contribution in [1.29, 1.82) is 0 Å². The van der Waals surface area contributed by atoms with E-state index in [0.717, 1.165) is 23.8 Å². The van der Waals surface area contributed by atoms with E-state index in [9.17, 15) is 13.6 Å². The molecule has 1 saturated heterocycles. The number of halogens is 2.